The van der Waals surface area contributed by atoms with Crippen molar-refractivity contribution in [2.75, 3.05) is 0 Å². The minimum atomic E-state index is -1.48. The smallest absolute Gasteiger partial charge is 0.335 e. The van der Waals surface area contributed by atoms with E-state index in [-0.39, 0.29) is 0 Å². The van der Waals surface area contributed by atoms with Crippen LogP contribution >= 0.6 is 0 Å². The molecule has 0 bridgehead atoms. The van der Waals surface area contributed by atoms with E-state index in [4.69, 9.17) is 5.11 Å². The first kappa shape index (κ1) is 12.4. The average Bonchev–Trinajstić information content (AvgIpc) is 2.05. The van der Waals surface area contributed by atoms with E-state index >= 15 is 0 Å². The largest absolute Gasteiger partial charge is 0.479 e. The lowest BCUT2D eigenvalue weighted by Crippen LogP contribution is -2.38. The van der Waals surface area contributed by atoms with Crippen molar-refractivity contribution in [3.63, 3.8) is 0 Å². The molecule has 0 aromatic heterocycles. The summed E-state index contributed by atoms with van der Waals surface area (Å²) in [6.07, 6.45) is 4.26. The van der Waals surface area contributed by atoms with Crippen molar-refractivity contribution >= 4 is 5.97 Å². The van der Waals surface area contributed by atoms with Crippen molar-refractivity contribution in [3.8, 4) is 0 Å². The zero-order valence-corrected chi connectivity index (χ0v) is 8.55. The van der Waals surface area contributed by atoms with Crippen LogP contribution in [0.5, 0.6) is 0 Å². The summed E-state index contributed by atoms with van der Waals surface area (Å²) in [4.78, 5) is 10.8. The molecule has 0 rings (SSSR count). The third-order valence-electron chi connectivity index (χ3n) is 2.26. The molecule has 2 N–H and O–H groups in total. The van der Waals surface area contributed by atoms with Crippen LogP contribution in [0.2, 0.25) is 0 Å². The van der Waals surface area contributed by atoms with Gasteiger partial charge in [0.25, 0.3) is 0 Å². The highest BCUT2D eigenvalue weighted by molar-refractivity contribution is 5.76. The van der Waals surface area contributed by atoms with Gasteiger partial charge in [0.2, 0.25) is 0 Å². The van der Waals surface area contributed by atoms with Crippen LogP contribution < -0.4 is 0 Å². The molecule has 0 aliphatic heterocycles. The van der Waals surface area contributed by atoms with E-state index in [1.54, 1.807) is 0 Å². The van der Waals surface area contributed by atoms with Crippen molar-refractivity contribution < 1.29 is 15.0 Å². The normalized spacial score (nSPS) is 15.3. The fourth-order valence-electron chi connectivity index (χ4n) is 1.42. The molecule has 1 atom stereocenters. The third kappa shape index (κ3) is 4.27. The van der Waals surface area contributed by atoms with Crippen LogP contribution in [-0.2, 0) is 4.79 Å². The highest BCUT2D eigenvalue weighted by atomic mass is 16.4. The summed E-state index contributed by atoms with van der Waals surface area (Å²) in [5.74, 6) is -1.08. The molecular formula is C10H20O3. The van der Waals surface area contributed by atoms with E-state index < -0.39 is 11.6 Å². The number of carboxylic acid groups (broad SMARTS) is 1. The summed E-state index contributed by atoms with van der Waals surface area (Å²) in [6, 6.07) is 0. The van der Waals surface area contributed by atoms with Gasteiger partial charge in [0.05, 0.1) is 0 Å². The molecule has 78 valence electrons. The molecule has 0 radical (unpaired) electrons. The molecule has 0 aromatic rings. The predicted molar refractivity (Wildman–Crippen MR) is 51.6 cm³/mol. The van der Waals surface area contributed by atoms with E-state index in [2.05, 4.69) is 6.92 Å². The maximum absolute atomic E-state index is 10.8. The molecule has 0 aliphatic carbocycles. The fraction of sp³-hybridized carbons (Fsp3) is 0.900. The van der Waals surface area contributed by atoms with Crippen molar-refractivity contribution in [1.29, 1.82) is 0 Å². The van der Waals surface area contributed by atoms with E-state index in [1.807, 2.05) is 6.92 Å². The molecule has 1 unspecified atom stereocenters. The highest BCUT2D eigenvalue weighted by Gasteiger charge is 2.33. The zero-order valence-electron chi connectivity index (χ0n) is 8.55. The number of aliphatic hydroxyl groups is 1. The quantitative estimate of drug-likeness (QED) is 0.602. The topological polar surface area (TPSA) is 57.5 Å². The first-order chi connectivity index (χ1) is 6.06. The Bertz CT molecular complexity index is 156. The van der Waals surface area contributed by atoms with E-state index in [9.17, 15) is 9.90 Å². The van der Waals surface area contributed by atoms with Gasteiger partial charge >= 0.3 is 5.97 Å². The number of unbranched alkanes of at least 4 members (excludes halogenated alkanes) is 2. The van der Waals surface area contributed by atoms with Crippen LogP contribution in [0.3, 0.4) is 0 Å². The van der Waals surface area contributed by atoms with Gasteiger partial charge in [-0.05, 0) is 19.3 Å². The summed E-state index contributed by atoms with van der Waals surface area (Å²) in [7, 11) is 0. The Morgan fingerprint density at radius 2 is 1.77 bits per heavy atom. The van der Waals surface area contributed by atoms with Crippen LogP contribution in [0.4, 0.5) is 0 Å². The summed E-state index contributed by atoms with van der Waals surface area (Å²) >= 11 is 0. The average molecular weight is 188 g/mol. The standard InChI is InChI=1S/C10H20O3/c1-3-5-6-8-10(13,7-4-2)9(11)12/h13H,3-8H2,1-2H3,(H,11,12). The van der Waals surface area contributed by atoms with Crippen LogP contribution in [0, 0.1) is 0 Å². The van der Waals surface area contributed by atoms with Crippen molar-refractivity contribution in [3.05, 3.63) is 0 Å². The monoisotopic (exact) mass is 188 g/mol. The third-order valence-corrected chi connectivity index (χ3v) is 2.26. The van der Waals surface area contributed by atoms with Gasteiger partial charge in [0.15, 0.2) is 5.60 Å². The summed E-state index contributed by atoms with van der Waals surface area (Å²) in [5.41, 5.74) is -1.48. The second-order valence-corrected chi connectivity index (χ2v) is 3.54. The molecule has 0 amide bonds. The number of carbonyl (C=O) groups is 1. The molecule has 3 nitrogen and oxygen atoms in total. The van der Waals surface area contributed by atoms with Gasteiger partial charge in [-0.1, -0.05) is 33.1 Å². The molecular weight excluding hydrogens is 168 g/mol. The minimum Gasteiger partial charge on any atom is -0.479 e. The number of carboxylic acids is 1. The van der Waals surface area contributed by atoms with Gasteiger partial charge in [-0.15, -0.1) is 0 Å². The Hall–Kier alpha value is -0.570. The first-order valence-corrected chi connectivity index (χ1v) is 5.02. The lowest BCUT2D eigenvalue weighted by molar-refractivity contribution is -0.160. The van der Waals surface area contributed by atoms with Crippen molar-refractivity contribution in [1.82, 2.24) is 0 Å². The van der Waals surface area contributed by atoms with Gasteiger partial charge in [0, 0.05) is 0 Å². The molecule has 0 spiro atoms. The predicted octanol–water partition coefficient (Wildman–Crippen LogP) is 2.18. The highest BCUT2D eigenvalue weighted by Crippen LogP contribution is 2.21. The van der Waals surface area contributed by atoms with Gasteiger partial charge < -0.3 is 10.2 Å². The Labute approximate surface area is 79.8 Å². The minimum absolute atomic E-state index is 0.353. The number of hydrogen-bond donors (Lipinski definition) is 2. The lowest BCUT2D eigenvalue weighted by atomic mass is 9.91. The molecule has 0 saturated carbocycles. The van der Waals surface area contributed by atoms with Crippen molar-refractivity contribution in [2.24, 2.45) is 0 Å². The van der Waals surface area contributed by atoms with E-state index in [1.165, 1.54) is 0 Å². The second kappa shape index (κ2) is 5.97. The Morgan fingerprint density at radius 1 is 1.15 bits per heavy atom. The molecule has 0 aliphatic rings. The van der Waals surface area contributed by atoms with Gasteiger partial charge in [-0.2, -0.15) is 0 Å². The molecule has 13 heavy (non-hydrogen) atoms. The Morgan fingerprint density at radius 3 is 2.15 bits per heavy atom. The maximum Gasteiger partial charge on any atom is 0.335 e. The van der Waals surface area contributed by atoms with E-state index in [0.29, 0.717) is 19.3 Å². The van der Waals surface area contributed by atoms with E-state index in [0.717, 1.165) is 19.3 Å². The SMILES string of the molecule is CCCCCC(O)(CCC)C(=O)O. The van der Waals surface area contributed by atoms with Gasteiger partial charge in [0.1, 0.15) is 0 Å². The lowest BCUT2D eigenvalue weighted by Gasteiger charge is -2.22. The van der Waals surface area contributed by atoms with Crippen molar-refractivity contribution in [2.45, 2.75) is 58.0 Å². The molecule has 0 heterocycles. The maximum atomic E-state index is 10.8. The van der Waals surface area contributed by atoms with Crippen LogP contribution in [0.1, 0.15) is 52.4 Å². The number of rotatable bonds is 7. The molecule has 3 heteroatoms. The molecule has 0 saturated heterocycles. The number of hydrogen-bond acceptors (Lipinski definition) is 2. The van der Waals surface area contributed by atoms with Crippen LogP contribution in [-0.4, -0.2) is 21.8 Å². The van der Waals surface area contributed by atoms with Crippen LogP contribution in [0.15, 0.2) is 0 Å². The summed E-state index contributed by atoms with van der Waals surface area (Å²) < 4.78 is 0. The molecule has 0 aromatic carbocycles. The fourth-order valence-corrected chi connectivity index (χ4v) is 1.42. The van der Waals surface area contributed by atoms with Gasteiger partial charge in [-0.3, -0.25) is 0 Å². The zero-order chi connectivity index (χ0) is 10.3. The Balaban J connectivity index is 4.00. The van der Waals surface area contributed by atoms with Crippen LogP contribution in [0.25, 0.3) is 0 Å². The van der Waals surface area contributed by atoms with Gasteiger partial charge in [-0.25, -0.2) is 4.79 Å². The molecule has 0 fully saturated rings. The summed E-state index contributed by atoms with van der Waals surface area (Å²) in [5, 5.41) is 18.5. The Kier molecular flexibility index (Phi) is 5.71. The number of aliphatic carboxylic acids is 1. The summed E-state index contributed by atoms with van der Waals surface area (Å²) in [6.45, 7) is 3.94. The second-order valence-electron chi connectivity index (χ2n) is 3.54. The first-order valence-electron chi connectivity index (χ1n) is 5.02.